The van der Waals surface area contributed by atoms with E-state index in [1.165, 1.54) is 5.69 Å². The van der Waals surface area contributed by atoms with Crippen LogP contribution in [0.5, 0.6) is 0 Å². The zero-order chi connectivity index (χ0) is 18.8. The molecule has 2 rings (SSSR count). The van der Waals surface area contributed by atoms with E-state index in [1.807, 2.05) is 14.0 Å². The number of ether oxygens (including phenoxy) is 2. The predicted octanol–water partition coefficient (Wildman–Crippen LogP) is 2.60. The van der Waals surface area contributed by atoms with E-state index in [0.29, 0.717) is 6.10 Å². The molecule has 2 heterocycles. The fourth-order valence-electron chi connectivity index (χ4n) is 3.35. The van der Waals surface area contributed by atoms with Gasteiger partial charge in [-0.3, -0.25) is 9.67 Å². The zero-order valence-electron chi connectivity index (χ0n) is 17.2. The summed E-state index contributed by atoms with van der Waals surface area (Å²) in [5.74, 6) is 0.996. The van der Waals surface area contributed by atoms with Crippen LogP contribution in [0.3, 0.4) is 0 Å². The van der Waals surface area contributed by atoms with E-state index in [9.17, 15) is 0 Å². The molecule has 156 valence electrons. The fraction of sp³-hybridized carbons (Fsp3) is 0.789. The van der Waals surface area contributed by atoms with Crippen molar-refractivity contribution < 1.29 is 9.47 Å². The standard InChI is InChI=1S/C19H35N5O2.HI/c1-16-15-17(2)24(22-16)10-5-9-21-19(20-3)23-11-7-18(8-12-23)26-14-6-13-25-4;/h15,18H,5-14H2,1-4H3,(H,20,21);1H. The number of hydrogen-bond donors (Lipinski definition) is 1. The number of likely N-dealkylation sites (tertiary alicyclic amines) is 1. The highest BCUT2D eigenvalue weighted by molar-refractivity contribution is 14.0. The molecule has 1 fully saturated rings. The van der Waals surface area contributed by atoms with Crippen molar-refractivity contribution in [3.05, 3.63) is 17.5 Å². The summed E-state index contributed by atoms with van der Waals surface area (Å²) < 4.78 is 13.1. The Labute approximate surface area is 180 Å². The molecule has 0 spiro atoms. The molecule has 0 unspecified atom stereocenters. The quantitative estimate of drug-likeness (QED) is 0.248. The predicted molar refractivity (Wildman–Crippen MR) is 120 cm³/mol. The lowest BCUT2D eigenvalue weighted by atomic mass is 10.1. The SMILES string of the molecule is CN=C(NCCCn1nc(C)cc1C)N1CCC(OCCCOC)CC1.I. The summed E-state index contributed by atoms with van der Waals surface area (Å²) in [7, 11) is 3.59. The Morgan fingerprint density at radius 2 is 2.00 bits per heavy atom. The largest absolute Gasteiger partial charge is 0.385 e. The molecule has 1 aliphatic rings. The monoisotopic (exact) mass is 493 g/mol. The Bertz CT molecular complexity index is 556. The van der Waals surface area contributed by atoms with Crippen LogP contribution in [-0.2, 0) is 16.0 Å². The second-order valence-electron chi connectivity index (χ2n) is 6.88. The molecule has 1 N–H and O–H groups in total. The number of rotatable bonds is 9. The first kappa shape index (κ1) is 24.2. The zero-order valence-corrected chi connectivity index (χ0v) is 19.6. The Morgan fingerprint density at radius 3 is 2.59 bits per heavy atom. The summed E-state index contributed by atoms with van der Waals surface area (Å²) in [4.78, 5) is 6.77. The average Bonchev–Trinajstić information content (AvgIpc) is 2.97. The van der Waals surface area contributed by atoms with E-state index < -0.39 is 0 Å². The lowest BCUT2D eigenvalue weighted by Crippen LogP contribution is -2.47. The van der Waals surface area contributed by atoms with Crippen LogP contribution in [0.4, 0.5) is 0 Å². The maximum absolute atomic E-state index is 5.93. The fourth-order valence-corrected chi connectivity index (χ4v) is 3.35. The van der Waals surface area contributed by atoms with E-state index >= 15 is 0 Å². The van der Waals surface area contributed by atoms with Crippen LogP contribution in [0.25, 0.3) is 0 Å². The Balaban J connectivity index is 0.00000364. The number of aryl methyl sites for hydroxylation is 3. The molecule has 7 nitrogen and oxygen atoms in total. The van der Waals surface area contributed by atoms with E-state index in [4.69, 9.17) is 9.47 Å². The van der Waals surface area contributed by atoms with Gasteiger partial charge in [-0.2, -0.15) is 5.10 Å². The highest BCUT2D eigenvalue weighted by atomic mass is 127. The number of guanidine groups is 1. The summed E-state index contributed by atoms with van der Waals surface area (Å²) >= 11 is 0. The van der Waals surface area contributed by atoms with Gasteiger partial charge in [-0.05, 0) is 45.6 Å². The summed E-state index contributed by atoms with van der Waals surface area (Å²) in [5, 5.41) is 8.00. The third kappa shape index (κ3) is 8.35. The van der Waals surface area contributed by atoms with Crippen LogP contribution in [0.2, 0.25) is 0 Å². The third-order valence-corrected chi connectivity index (χ3v) is 4.73. The van der Waals surface area contributed by atoms with Gasteiger partial charge in [-0.15, -0.1) is 24.0 Å². The van der Waals surface area contributed by atoms with Crippen molar-refractivity contribution in [1.29, 1.82) is 0 Å². The van der Waals surface area contributed by atoms with Crippen LogP contribution < -0.4 is 5.32 Å². The van der Waals surface area contributed by atoms with Gasteiger partial charge in [0, 0.05) is 59.2 Å². The number of nitrogens with one attached hydrogen (secondary N) is 1. The molecule has 1 aromatic rings. The molecule has 0 aromatic carbocycles. The molecule has 1 aromatic heterocycles. The summed E-state index contributed by atoms with van der Waals surface area (Å²) in [6.07, 6.45) is 4.47. The number of piperidine rings is 1. The second kappa shape index (κ2) is 13.3. The number of nitrogens with zero attached hydrogens (tertiary/aromatic N) is 4. The van der Waals surface area contributed by atoms with Crippen molar-refractivity contribution in [2.75, 3.05) is 47.0 Å². The van der Waals surface area contributed by atoms with Gasteiger partial charge in [0.15, 0.2) is 5.96 Å². The minimum absolute atomic E-state index is 0. The number of halogens is 1. The first-order valence-corrected chi connectivity index (χ1v) is 9.71. The first-order chi connectivity index (χ1) is 12.6. The Hall–Kier alpha value is -0.870. The number of aliphatic imine (C=N–C) groups is 1. The maximum Gasteiger partial charge on any atom is 0.193 e. The molecule has 0 aliphatic carbocycles. The molecule has 8 heteroatoms. The van der Waals surface area contributed by atoms with Gasteiger partial charge in [-0.1, -0.05) is 0 Å². The number of hydrogen-bond acceptors (Lipinski definition) is 4. The van der Waals surface area contributed by atoms with Crippen molar-refractivity contribution in [2.24, 2.45) is 4.99 Å². The Kier molecular flexibility index (Phi) is 11.9. The van der Waals surface area contributed by atoms with Gasteiger partial charge in [0.25, 0.3) is 0 Å². The maximum atomic E-state index is 5.93. The molecular formula is C19H36IN5O2. The molecule has 27 heavy (non-hydrogen) atoms. The smallest absolute Gasteiger partial charge is 0.193 e. The van der Waals surface area contributed by atoms with E-state index in [-0.39, 0.29) is 24.0 Å². The topological polar surface area (TPSA) is 63.9 Å². The normalized spacial score (nSPS) is 15.7. The second-order valence-corrected chi connectivity index (χ2v) is 6.88. The molecule has 0 saturated carbocycles. The van der Waals surface area contributed by atoms with E-state index in [1.54, 1.807) is 7.11 Å². The van der Waals surface area contributed by atoms with Crippen molar-refractivity contribution in [3.63, 3.8) is 0 Å². The number of methoxy groups -OCH3 is 1. The van der Waals surface area contributed by atoms with E-state index in [2.05, 4.69) is 38.0 Å². The average molecular weight is 493 g/mol. The van der Waals surface area contributed by atoms with Crippen LogP contribution in [0.15, 0.2) is 11.1 Å². The lowest BCUT2D eigenvalue weighted by molar-refractivity contribution is 0.00991. The molecule has 1 saturated heterocycles. The first-order valence-electron chi connectivity index (χ1n) is 9.71. The Morgan fingerprint density at radius 1 is 1.26 bits per heavy atom. The van der Waals surface area contributed by atoms with Gasteiger partial charge < -0.3 is 19.7 Å². The minimum atomic E-state index is 0. The molecule has 0 radical (unpaired) electrons. The van der Waals surface area contributed by atoms with Gasteiger partial charge in [0.05, 0.1) is 11.8 Å². The van der Waals surface area contributed by atoms with E-state index in [0.717, 1.165) is 76.7 Å². The molecule has 0 bridgehead atoms. The third-order valence-electron chi connectivity index (χ3n) is 4.73. The summed E-state index contributed by atoms with van der Waals surface area (Å²) in [5.41, 5.74) is 2.30. The van der Waals surface area contributed by atoms with Crippen LogP contribution >= 0.6 is 24.0 Å². The van der Waals surface area contributed by atoms with Gasteiger partial charge in [0.1, 0.15) is 0 Å². The highest BCUT2D eigenvalue weighted by Gasteiger charge is 2.21. The summed E-state index contributed by atoms with van der Waals surface area (Å²) in [6.45, 7) is 9.52. The van der Waals surface area contributed by atoms with Crippen molar-refractivity contribution in [3.8, 4) is 0 Å². The number of aromatic nitrogens is 2. The van der Waals surface area contributed by atoms with Gasteiger partial charge in [-0.25, -0.2) is 0 Å². The molecule has 0 atom stereocenters. The minimum Gasteiger partial charge on any atom is -0.385 e. The summed E-state index contributed by atoms with van der Waals surface area (Å²) in [6, 6.07) is 2.12. The lowest BCUT2D eigenvalue weighted by Gasteiger charge is -2.34. The van der Waals surface area contributed by atoms with Crippen molar-refractivity contribution in [2.45, 2.75) is 52.2 Å². The van der Waals surface area contributed by atoms with Crippen LogP contribution in [-0.4, -0.2) is 73.7 Å². The van der Waals surface area contributed by atoms with Crippen molar-refractivity contribution >= 4 is 29.9 Å². The van der Waals surface area contributed by atoms with Crippen LogP contribution in [0.1, 0.15) is 37.1 Å². The van der Waals surface area contributed by atoms with Gasteiger partial charge in [0.2, 0.25) is 0 Å². The molecular weight excluding hydrogens is 457 g/mol. The van der Waals surface area contributed by atoms with Crippen molar-refractivity contribution in [1.82, 2.24) is 20.0 Å². The molecule has 1 aliphatic heterocycles. The molecule has 0 amide bonds. The highest BCUT2D eigenvalue weighted by Crippen LogP contribution is 2.14. The van der Waals surface area contributed by atoms with Gasteiger partial charge >= 0.3 is 0 Å². The van der Waals surface area contributed by atoms with Crippen LogP contribution in [0, 0.1) is 13.8 Å².